The first-order chi connectivity index (χ1) is 17.5. The van der Waals surface area contributed by atoms with Crippen LogP contribution in [0.5, 0.6) is 5.75 Å². The van der Waals surface area contributed by atoms with Gasteiger partial charge in [-0.15, -0.1) is 13.2 Å². The second kappa shape index (κ2) is 10.4. The molecule has 3 aromatic rings. The first-order valence-corrected chi connectivity index (χ1v) is 11.9. The minimum atomic E-state index is -4.83. The average molecular weight is 518 g/mol. The summed E-state index contributed by atoms with van der Waals surface area (Å²) < 4.78 is 57.1. The highest BCUT2D eigenvalue weighted by Crippen LogP contribution is 2.29. The number of alkyl halides is 3. The average Bonchev–Trinajstić information content (AvgIpc) is 2.84. The molecule has 0 aliphatic carbocycles. The molecule has 196 valence electrons. The van der Waals surface area contributed by atoms with Crippen LogP contribution in [0.1, 0.15) is 31.5 Å². The van der Waals surface area contributed by atoms with Gasteiger partial charge in [0.05, 0.1) is 11.2 Å². The Morgan fingerprint density at radius 3 is 2.59 bits per heavy atom. The van der Waals surface area contributed by atoms with Crippen LogP contribution in [0.15, 0.2) is 41.2 Å². The van der Waals surface area contributed by atoms with E-state index in [4.69, 9.17) is 0 Å². The van der Waals surface area contributed by atoms with E-state index in [1.165, 1.54) is 4.57 Å². The molecular weight excluding hydrogens is 490 g/mol. The van der Waals surface area contributed by atoms with Gasteiger partial charge in [0.1, 0.15) is 28.8 Å². The number of aryl methyl sites for hydroxylation is 2. The molecule has 11 heteroatoms. The van der Waals surface area contributed by atoms with Crippen LogP contribution in [0.3, 0.4) is 0 Å². The third kappa shape index (κ3) is 5.85. The van der Waals surface area contributed by atoms with Gasteiger partial charge in [-0.25, -0.2) is 9.37 Å². The largest absolute Gasteiger partial charge is 0.573 e. The first kappa shape index (κ1) is 26.4. The van der Waals surface area contributed by atoms with E-state index in [9.17, 15) is 27.6 Å². The van der Waals surface area contributed by atoms with E-state index in [-0.39, 0.29) is 35.3 Å². The number of ether oxygens (including phenoxy) is 1. The molecule has 0 saturated carbocycles. The summed E-state index contributed by atoms with van der Waals surface area (Å²) in [7, 11) is 1.67. The molecule has 0 bridgehead atoms. The fourth-order valence-corrected chi connectivity index (χ4v) is 4.85. The fourth-order valence-electron chi connectivity index (χ4n) is 4.85. The molecular formula is C26H27F4N5O2. The van der Waals surface area contributed by atoms with Crippen LogP contribution >= 0.6 is 0 Å². The number of hydrogen-bond donors (Lipinski definition) is 0. The molecule has 3 heterocycles. The summed E-state index contributed by atoms with van der Waals surface area (Å²) in [5.41, 5.74) is 2.18. The van der Waals surface area contributed by atoms with Crippen LogP contribution in [-0.2, 0) is 13.5 Å². The zero-order valence-corrected chi connectivity index (χ0v) is 20.7. The van der Waals surface area contributed by atoms with Crippen LogP contribution in [-0.4, -0.2) is 52.5 Å². The van der Waals surface area contributed by atoms with Crippen molar-refractivity contribution in [2.45, 2.75) is 45.1 Å². The van der Waals surface area contributed by atoms with E-state index in [1.54, 1.807) is 25.2 Å². The van der Waals surface area contributed by atoms with Gasteiger partial charge in [0.2, 0.25) is 0 Å². The number of anilines is 1. The molecule has 0 amide bonds. The molecule has 1 fully saturated rings. The summed E-state index contributed by atoms with van der Waals surface area (Å²) >= 11 is 0. The zero-order chi connectivity index (χ0) is 26.9. The summed E-state index contributed by atoms with van der Waals surface area (Å²) in [5.74, 6) is -1.00. The van der Waals surface area contributed by atoms with Gasteiger partial charge in [-0.1, -0.05) is 0 Å². The highest BCUT2D eigenvalue weighted by molar-refractivity contribution is 5.89. The summed E-state index contributed by atoms with van der Waals surface area (Å²) in [6.07, 6.45) is -4.02. The summed E-state index contributed by atoms with van der Waals surface area (Å²) in [6, 6.07) is 10.1. The van der Waals surface area contributed by atoms with Crippen LogP contribution in [0, 0.1) is 17.1 Å². The third-order valence-electron chi connectivity index (χ3n) is 6.75. The molecule has 1 aliphatic heterocycles. The van der Waals surface area contributed by atoms with Crippen molar-refractivity contribution in [3.05, 3.63) is 63.8 Å². The van der Waals surface area contributed by atoms with Gasteiger partial charge < -0.3 is 14.2 Å². The highest BCUT2D eigenvalue weighted by Gasteiger charge is 2.32. The molecule has 1 aromatic carbocycles. The van der Waals surface area contributed by atoms with Crippen molar-refractivity contribution < 1.29 is 22.3 Å². The monoisotopic (exact) mass is 517 g/mol. The topological polar surface area (TPSA) is 74.4 Å². The number of halogens is 4. The van der Waals surface area contributed by atoms with Crippen molar-refractivity contribution in [2.24, 2.45) is 7.05 Å². The maximum atomic E-state index is 14.2. The molecule has 0 radical (unpaired) electrons. The second-order valence-electron chi connectivity index (χ2n) is 9.35. The Kier molecular flexibility index (Phi) is 7.41. The van der Waals surface area contributed by atoms with Crippen molar-refractivity contribution in [3.8, 4) is 11.8 Å². The number of aromatic nitrogens is 2. The number of nitrogens with zero attached hydrogens (tertiary/aromatic N) is 5. The number of benzene rings is 1. The van der Waals surface area contributed by atoms with Crippen LogP contribution in [0.25, 0.3) is 11.0 Å². The molecule has 1 saturated heterocycles. The van der Waals surface area contributed by atoms with E-state index >= 15 is 0 Å². The number of hydrogen-bond acceptors (Lipinski definition) is 6. The smallest absolute Gasteiger partial charge is 0.406 e. The highest BCUT2D eigenvalue weighted by atomic mass is 19.4. The van der Waals surface area contributed by atoms with Gasteiger partial charge in [-0.05, 0) is 69.1 Å². The van der Waals surface area contributed by atoms with Crippen LogP contribution in [0.4, 0.5) is 23.2 Å². The number of fused-ring (bicyclic) bond motifs is 1. The molecule has 2 atom stereocenters. The Morgan fingerprint density at radius 2 is 1.89 bits per heavy atom. The van der Waals surface area contributed by atoms with Crippen LogP contribution in [0.2, 0.25) is 0 Å². The number of pyridine rings is 2. The molecule has 7 nitrogen and oxygen atoms in total. The standard InChI is InChI=1S/C26H27F4N5O2/c1-16-15-35(23-12-24(36)33(3)22-9-6-19(13-31)32-25(22)23)17(2)14-34(16)10-4-5-18-11-20(7-8-21(18)27)37-26(28,29)30/h6-9,11-12,16-17H,4-5,10,14-15H2,1-3H3/t16-,17+/m1/s1. The SMILES string of the molecule is C[C@@H]1CN(c2cc(=O)n(C)c3ccc(C#N)nc23)[C@@H](C)CN1CCCc1cc(OC(F)(F)F)ccc1F. The Balaban J connectivity index is 1.47. The second-order valence-corrected chi connectivity index (χ2v) is 9.35. The third-order valence-corrected chi connectivity index (χ3v) is 6.75. The fraction of sp³-hybridized carbons (Fsp3) is 0.423. The van der Waals surface area contributed by atoms with Crippen molar-refractivity contribution in [1.29, 1.82) is 5.26 Å². The van der Waals surface area contributed by atoms with Gasteiger partial charge in [0, 0.05) is 38.3 Å². The van der Waals surface area contributed by atoms with E-state index in [0.29, 0.717) is 42.8 Å². The Bertz CT molecular complexity index is 1400. The lowest BCUT2D eigenvalue weighted by molar-refractivity contribution is -0.274. The number of rotatable bonds is 6. The summed E-state index contributed by atoms with van der Waals surface area (Å²) in [6.45, 7) is 5.97. The Morgan fingerprint density at radius 1 is 1.14 bits per heavy atom. The lowest BCUT2D eigenvalue weighted by atomic mass is 10.0. The zero-order valence-electron chi connectivity index (χ0n) is 20.7. The lowest BCUT2D eigenvalue weighted by Gasteiger charge is -2.45. The lowest BCUT2D eigenvalue weighted by Crippen LogP contribution is -2.57. The van der Waals surface area contributed by atoms with Crippen molar-refractivity contribution >= 4 is 16.7 Å². The van der Waals surface area contributed by atoms with Gasteiger partial charge in [0.25, 0.3) is 5.56 Å². The van der Waals surface area contributed by atoms with Crippen molar-refractivity contribution in [1.82, 2.24) is 14.5 Å². The molecule has 0 unspecified atom stereocenters. The molecule has 0 spiro atoms. The van der Waals surface area contributed by atoms with E-state index < -0.39 is 17.9 Å². The predicted molar refractivity (Wildman–Crippen MR) is 131 cm³/mol. The van der Waals surface area contributed by atoms with E-state index in [0.717, 1.165) is 18.2 Å². The van der Waals surface area contributed by atoms with Gasteiger partial charge >= 0.3 is 6.36 Å². The Labute approximate surface area is 211 Å². The quantitative estimate of drug-likeness (QED) is 0.452. The normalized spacial score (nSPS) is 18.7. The van der Waals surface area contributed by atoms with Gasteiger partial charge in [0.15, 0.2) is 0 Å². The first-order valence-electron chi connectivity index (χ1n) is 11.9. The maximum Gasteiger partial charge on any atom is 0.573 e. The molecule has 37 heavy (non-hydrogen) atoms. The minimum absolute atomic E-state index is 0.0132. The van der Waals surface area contributed by atoms with Crippen LogP contribution < -0.4 is 15.2 Å². The summed E-state index contributed by atoms with van der Waals surface area (Å²) in [4.78, 5) is 21.5. The minimum Gasteiger partial charge on any atom is -0.406 e. The van der Waals surface area contributed by atoms with Crippen molar-refractivity contribution in [3.63, 3.8) is 0 Å². The number of piperazine rings is 1. The Hall–Kier alpha value is -3.65. The number of nitriles is 1. The molecule has 0 N–H and O–H groups in total. The predicted octanol–water partition coefficient (Wildman–Crippen LogP) is 4.37. The molecule has 4 rings (SSSR count). The maximum absolute atomic E-state index is 14.2. The van der Waals surface area contributed by atoms with Gasteiger partial charge in [-0.3, -0.25) is 9.69 Å². The van der Waals surface area contributed by atoms with Gasteiger partial charge in [-0.2, -0.15) is 5.26 Å². The van der Waals surface area contributed by atoms with Crippen molar-refractivity contribution in [2.75, 3.05) is 24.5 Å². The van der Waals surface area contributed by atoms with E-state index in [2.05, 4.69) is 26.4 Å². The molecule has 2 aromatic heterocycles. The molecule has 1 aliphatic rings. The summed E-state index contributed by atoms with van der Waals surface area (Å²) in [5, 5.41) is 9.32. The van der Waals surface area contributed by atoms with E-state index in [1.807, 2.05) is 13.0 Å².